The third-order valence-electron chi connectivity index (χ3n) is 3.02. The lowest BCUT2D eigenvalue weighted by molar-refractivity contribution is -0.145. The highest BCUT2D eigenvalue weighted by Gasteiger charge is 2.40. The summed E-state index contributed by atoms with van der Waals surface area (Å²) in [6.45, 7) is 0. The van der Waals surface area contributed by atoms with Crippen molar-refractivity contribution in [1.29, 1.82) is 0 Å². The maximum absolute atomic E-state index is 12.5. The Morgan fingerprint density at radius 3 is 2.82 bits per heavy atom. The zero-order chi connectivity index (χ0) is 16.1. The maximum atomic E-state index is 12.5. The Kier molecular flexibility index (Phi) is 5.98. The summed E-state index contributed by atoms with van der Waals surface area (Å²) in [7, 11) is 0. The van der Waals surface area contributed by atoms with Crippen molar-refractivity contribution < 1.29 is 14.7 Å². The molecule has 1 fully saturated rings. The van der Waals surface area contributed by atoms with Gasteiger partial charge in [-0.3, -0.25) is 14.7 Å². The molecule has 0 spiro atoms. The van der Waals surface area contributed by atoms with E-state index in [1.807, 2.05) is 6.26 Å². The van der Waals surface area contributed by atoms with E-state index < -0.39 is 12.0 Å². The van der Waals surface area contributed by atoms with E-state index in [0.717, 1.165) is 17.3 Å². The Hall–Kier alpha value is -1.38. The van der Waals surface area contributed by atoms with Gasteiger partial charge in [-0.25, -0.2) is 4.79 Å². The molecule has 1 saturated heterocycles. The average molecular weight is 354 g/mol. The summed E-state index contributed by atoms with van der Waals surface area (Å²) in [5.74, 6) is -0.729. The molecule has 5 nitrogen and oxygen atoms in total. The van der Waals surface area contributed by atoms with Gasteiger partial charge in [-0.1, -0.05) is 24.0 Å². The molecule has 1 aliphatic rings. The van der Waals surface area contributed by atoms with Crippen molar-refractivity contribution in [1.82, 2.24) is 9.88 Å². The summed E-state index contributed by atoms with van der Waals surface area (Å²) in [6.07, 6.45) is 7.22. The van der Waals surface area contributed by atoms with Gasteiger partial charge in [0.2, 0.25) is 0 Å². The monoisotopic (exact) mass is 354 g/mol. The second-order valence-corrected chi connectivity index (χ2v) is 7.13. The van der Waals surface area contributed by atoms with E-state index >= 15 is 0 Å². The molecule has 2 rings (SSSR count). The number of carbonyl (C=O) groups excluding carboxylic acids is 1. The van der Waals surface area contributed by atoms with Crippen molar-refractivity contribution in [2.45, 2.75) is 12.5 Å². The molecule has 0 saturated carbocycles. The molecule has 2 heterocycles. The summed E-state index contributed by atoms with van der Waals surface area (Å²) >= 11 is 7.87. The smallest absolute Gasteiger partial charge is 0.326 e. The van der Waals surface area contributed by atoms with Crippen molar-refractivity contribution >= 4 is 58.0 Å². The van der Waals surface area contributed by atoms with Crippen molar-refractivity contribution in [3.05, 3.63) is 35.0 Å². The lowest BCUT2D eigenvalue weighted by Crippen LogP contribution is -2.44. The zero-order valence-corrected chi connectivity index (χ0v) is 14.2. The van der Waals surface area contributed by atoms with Crippen molar-refractivity contribution in [3.63, 3.8) is 0 Å². The van der Waals surface area contributed by atoms with Crippen molar-refractivity contribution in [2.24, 2.45) is 0 Å². The van der Waals surface area contributed by atoms with Gasteiger partial charge in [-0.05, 0) is 42.2 Å². The van der Waals surface area contributed by atoms with Gasteiger partial charge >= 0.3 is 5.97 Å². The van der Waals surface area contributed by atoms with Crippen LogP contribution >= 0.6 is 35.7 Å². The van der Waals surface area contributed by atoms with E-state index in [9.17, 15) is 14.7 Å². The van der Waals surface area contributed by atoms with Crippen LogP contribution in [0.2, 0.25) is 0 Å². The minimum atomic E-state index is -1.03. The number of carboxylic acid groups (broad SMARTS) is 1. The Bertz CT molecular complexity index is 619. The number of pyridine rings is 1. The number of rotatable bonds is 6. The fourth-order valence-corrected chi connectivity index (χ4v) is 3.77. The standard InChI is InChI=1S/C14H14N2O3S3/c1-21-7-4-10(13(18)19)16-12(17)11(22-14(16)20)8-9-2-5-15-6-3-9/h2-3,5-6,8,10H,4,7H2,1H3,(H,18,19)/b11-8-/t10-/m0/s1. The Balaban J connectivity index is 2.24. The van der Waals surface area contributed by atoms with Crippen LogP contribution in [0.4, 0.5) is 0 Å². The number of amides is 1. The predicted molar refractivity (Wildman–Crippen MR) is 93.7 cm³/mol. The van der Waals surface area contributed by atoms with Crippen LogP contribution in [0.15, 0.2) is 29.4 Å². The normalized spacial score (nSPS) is 18.0. The summed E-state index contributed by atoms with van der Waals surface area (Å²) in [5.41, 5.74) is 0.825. The van der Waals surface area contributed by atoms with Gasteiger partial charge in [0.15, 0.2) is 0 Å². The fourth-order valence-electron chi connectivity index (χ4n) is 1.95. The van der Waals surface area contributed by atoms with Gasteiger partial charge in [-0.2, -0.15) is 11.8 Å². The van der Waals surface area contributed by atoms with Crippen LogP contribution in [0.25, 0.3) is 6.08 Å². The molecule has 1 atom stereocenters. The molecular weight excluding hydrogens is 340 g/mol. The molecule has 1 aromatic rings. The number of thiocarbonyl (C=S) groups is 1. The number of carboxylic acids is 1. The number of thioether (sulfide) groups is 2. The van der Waals surface area contributed by atoms with Crippen LogP contribution in [-0.4, -0.2) is 49.2 Å². The molecular formula is C14H14N2O3S3. The Morgan fingerprint density at radius 1 is 1.55 bits per heavy atom. The molecule has 0 radical (unpaired) electrons. The van der Waals surface area contributed by atoms with Gasteiger partial charge in [-0.15, -0.1) is 0 Å². The summed E-state index contributed by atoms with van der Waals surface area (Å²) in [5, 5.41) is 9.37. The highest BCUT2D eigenvalue weighted by Crippen LogP contribution is 2.34. The molecule has 0 aromatic carbocycles. The largest absolute Gasteiger partial charge is 0.480 e. The van der Waals surface area contributed by atoms with Crippen molar-refractivity contribution in [3.8, 4) is 0 Å². The number of aromatic nitrogens is 1. The molecule has 116 valence electrons. The van der Waals surface area contributed by atoms with Gasteiger partial charge < -0.3 is 5.11 Å². The number of hydrogen-bond donors (Lipinski definition) is 1. The number of nitrogens with zero attached hydrogens (tertiary/aromatic N) is 2. The number of aliphatic carboxylic acids is 1. The topological polar surface area (TPSA) is 70.5 Å². The predicted octanol–water partition coefficient (Wildman–Crippen LogP) is 2.49. The van der Waals surface area contributed by atoms with E-state index in [4.69, 9.17) is 12.2 Å². The van der Waals surface area contributed by atoms with Crippen LogP contribution in [0.3, 0.4) is 0 Å². The van der Waals surface area contributed by atoms with Crippen LogP contribution in [0.5, 0.6) is 0 Å². The van der Waals surface area contributed by atoms with Gasteiger partial charge in [0.25, 0.3) is 5.91 Å². The van der Waals surface area contributed by atoms with Crippen LogP contribution in [-0.2, 0) is 9.59 Å². The second-order valence-electron chi connectivity index (χ2n) is 4.47. The molecule has 1 N–H and O–H groups in total. The molecule has 1 aromatic heterocycles. The minimum Gasteiger partial charge on any atom is -0.480 e. The molecule has 1 aliphatic heterocycles. The highest BCUT2D eigenvalue weighted by molar-refractivity contribution is 8.26. The average Bonchev–Trinajstić information content (AvgIpc) is 2.76. The first-order chi connectivity index (χ1) is 10.5. The minimum absolute atomic E-state index is 0.291. The zero-order valence-electron chi connectivity index (χ0n) is 11.8. The highest BCUT2D eigenvalue weighted by atomic mass is 32.2. The van der Waals surface area contributed by atoms with Crippen LogP contribution < -0.4 is 0 Å². The quantitative estimate of drug-likeness (QED) is 0.621. The van der Waals surface area contributed by atoms with E-state index in [0.29, 0.717) is 21.4 Å². The molecule has 0 bridgehead atoms. The number of carbonyl (C=O) groups is 2. The Morgan fingerprint density at radius 2 is 2.23 bits per heavy atom. The van der Waals surface area contributed by atoms with E-state index in [-0.39, 0.29) is 5.91 Å². The van der Waals surface area contributed by atoms with Crippen molar-refractivity contribution in [2.75, 3.05) is 12.0 Å². The molecule has 8 heteroatoms. The van der Waals surface area contributed by atoms with Gasteiger partial charge in [0, 0.05) is 12.4 Å². The lowest BCUT2D eigenvalue weighted by atomic mass is 10.2. The molecule has 0 unspecified atom stereocenters. The first-order valence-electron chi connectivity index (χ1n) is 6.43. The Labute approximate surface area is 142 Å². The molecule has 0 aliphatic carbocycles. The third-order valence-corrected chi connectivity index (χ3v) is 4.99. The van der Waals surface area contributed by atoms with Crippen LogP contribution in [0.1, 0.15) is 12.0 Å². The van der Waals surface area contributed by atoms with Gasteiger partial charge in [0.05, 0.1) is 4.91 Å². The van der Waals surface area contributed by atoms with E-state index in [1.54, 1.807) is 30.6 Å². The van der Waals surface area contributed by atoms with E-state index in [1.165, 1.54) is 16.7 Å². The third kappa shape index (κ3) is 3.88. The van der Waals surface area contributed by atoms with Gasteiger partial charge in [0.1, 0.15) is 10.4 Å². The van der Waals surface area contributed by atoms with Crippen LogP contribution in [0, 0.1) is 0 Å². The lowest BCUT2D eigenvalue weighted by Gasteiger charge is -2.22. The fraction of sp³-hybridized carbons (Fsp3) is 0.286. The first-order valence-corrected chi connectivity index (χ1v) is 9.05. The summed E-state index contributed by atoms with van der Waals surface area (Å²) in [6, 6.07) is 2.63. The molecule has 1 amide bonds. The summed E-state index contributed by atoms with van der Waals surface area (Å²) < 4.78 is 0.291. The SMILES string of the molecule is CSCC[C@@H](C(=O)O)N1C(=O)/C(=C/c2ccncc2)SC1=S. The molecule has 22 heavy (non-hydrogen) atoms. The van der Waals surface area contributed by atoms with E-state index in [2.05, 4.69) is 4.98 Å². The second kappa shape index (κ2) is 7.75. The first kappa shape index (κ1) is 17.0. The summed E-state index contributed by atoms with van der Waals surface area (Å²) in [4.78, 5) is 29.5. The maximum Gasteiger partial charge on any atom is 0.326 e. The number of hydrogen-bond acceptors (Lipinski definition) is 6.